The average Bonchev–Trinajstić information content (AvgIpc) is 2.97. The molecule has 100 valence electrons. The van der Waals surface area contributed by atoms with Crippen molar-refractivity contribution in [1.29, 1.82) is 0 Å². The van der Waals surface area contributed by atoms with E-state index in [0.29, 0.717) is 16.7 Å². The molecule has 0 aliphatic rings. The van der Waals surface area contributed by atoms with Gasteiger partial charge in [0.15, 0.2) is 0 Å². The predicted molar refractivity (Wildman–Crippen MR) is 79.7 cm³/mol. The van der Waals surface area contributed by atoms with Crippen molar-refractivity contribution in [2.75, 3.05) is 12.4 Å². The number of hydrogen-bond donors (Lipinski definition) is 1. The summed E-state index contributed by atoms with van der Waals surface area (Å²) in [5, 5.41) is 7.69. The van der Waals surface area contributed by atoms with Crippen molar-refractivity contribution >= 4 is 17.3 Å². The molecule has 3 rings (SSSR count). The second-order valence-corrected chi connectivity index (χ2v) is 4.70. The van der Waals surface area contributed by atoms with Crippen LogP contribution in [0.2, 0.25) is 5.02 Å². The molecule has 0 saturated carbocycles. The summed E-state index contributed by atoms with van der Waals surface area (Å²) >= 11 is 5.96. The number of rotatable bonds is 3. The fourth-order valence-corrected chi connectivity index (χ4v) is 2.06. The van der Waals surface area contributed by atoms with E-state index in [1.54, 1.807) is 6.07 Å². The first-order chi connectivity index (χ1) is 9.76. The maximum Gasteiger partial charge on any atom is 0.258 e. The number of halogens is 1. The summed E-state index contributed by atoms with van der Waals surface area (Å²) in [4.78, 5) is 4.39. The van der Waals surface area contributed by atoms with Crippen molar-refractivity contribution in [3.05, 3.63) is 53.6 Å². The van der Waals surface area contributed by atoms with Crippen LogP contribution in [0.25, 0.3) is 22.8 Å². The molecule has 2 aromatic carbocycles. The Kier molecular flexibility index (Phi) is 3.39. The van der Waals surface area contributed by atoms with Crippen molar-refractivity contribution < 1.29 is 4.52 Å². The van der Waals surface area contributed by atoms with Gasteiger partial charge in [0.2, 0.25) is 5.82 Å². The second-order valence-electron chi connectivity index (χ2n) is 4.26. The van der Waals surface area contributed by atoms with Crippen LogP contribution in [0, 0.1) is 0 Å². The Labute approximate surface area is 121 Å². The van der Waals surface area contributed by atoms with Gasteiger partial charge in [0.25, 0.3) is 5.89 Å². The third-order valence-corrected chi connectivity index (χ3v) is 3.16. The quantitative estimate of drug-likeness (QED) is 0.787. The Morgan fingerprint density at radius 3 is 2.55 bits per heavy atom. The topological polar surface area (TPSA) is 51.0 Å². The Balaban J connectivity index is 1.93. The molecule has 1 aromatic heterocycles. The van der Waals surface area contributed by atoms with Gasteiger partial charge in [0.1, 0.15) is 0 Å². The van der Waals surface area contributed by atoms with Gasteiger partial charge in [-0.05, 0) is 36.4 Å². The molecule has 0 amide bonds. The van der Waals surface area contributed by atoms with Gasteiger partial charge in [-0.25, -0.2) is 0 Å². The highest BCUT2D eigenvalue weighted by Gasteiger charge is 2.10. The van der Waals surface area contributed by atoms with Gasteiger partial charge in [0.05, 0.1) is 0 Å². The molecule has 0 spiro atoms. The molecule has 5 heteroatoms. The molecule has 0 saturated heterocycles. The fourth-order valence-electron chi connectivity index (χ4n) is 1.87. The first kappa shape index (κ1) is 12.7. The summed E-state index contributed by atoms with van der Waals surface area (Å²) in [6.45, 7) is 0. The van der Waals surface area contributed by atoms with Crippen molar-refractivity contribution in [2.45, 2.75) is 0 Å². The Morgan fingerprint density at radius 1 is 1.05 bits per heavy atom. The zero-order valence-corrected chi connectivity index (χ0v) is 11.6. The highest BCUT2D eigenvalue weighted by atomic mass is 35.5. The SMILES string of the molecule is CNc1ccc(-c2nc(-c3cccc(Cl)c3)no2)cc1. The van der Waals surface area contributed by atoms with E-state index in [2.05, 4.69) is 15.5 Å². The second kappa shape index (κ2) is 5.35. The number of hydrogen-bond acceptors (Lipinski definition) is 4. The Morgan fingerprint density at radius 2 is 1.85 bits per heavy atom. The van der Waals surface area contributed by atoms with Crippen molar-refractivity contribution in [3.63, 3.8) is 0 Å². The molecular weight excluding hydrogens is 274 g/mol. The van der Waals surface area contributed by atoms with Gasteiger partial charge in [-0.1, -0.05) is 28.9 Å². The highest BCUT2D eigenvalue weighted by Crippen LogP contribution is 2.24. The van der Waals surface area contributed by atoms with Crippen LogP contribution in [0.5, 0.6) is 0 Å². The van der Waals surface area contributed by atoms with E-state index < -0.39 is 0 Å². The lowest BCUT2D eigenvalue weighted by Gasteiger charge is -1.99. The summed E-state index contributed by atoms with van der Waals surface area (Å²) < 4.78 is 5.29. The number of aromatic nitrogens is 2. The number of nitrogens with zero attached hydrogens (tertiary/aromatic N) is 2. The van der Waals surface area contributed by atoms with Crippen molar-refractivity contribution in [3.8, 4) is 22.8 Å². The average molecular weight is 286 g/mol. The summed E-state index contributed by atoms with van der Waals surface area (Å²) in [6.07, 6.45) is 0. The molecular formula is C15H12ClN3O. The minimum absolute atomic E-state index is 0.489. The van der Waals surface area contributed by atoms with E-state index in [4.69, 9.17) is 16.1 Å². The number of nitrogens with one attached hydrogen (secondary N) is 1. The minimum Gasteiger partial charge on any atom is -0.388 e. The van der Waals surface area contributed by atoms with E-state index in [1.807, 2.05) is 49.5 Å². The van der Waals surface area contributed by atoms with Gasteiger partial charge in [0, 0.05) is 28.9 Å². The largest absolute Gasteiger partial charge is 0.388 e. The van der Waals surface area contributed by atoms with Crippen LogP contribution in [0.15, 0.2) is 53.1 Å². The lowest BCUT2D eigenvalue weighted by Crippen LogP contribution is -1.87. The lowest BCUT2D eigenvalue weighted by molar-refractivity contribution is 0.432. The van der Waals surface area contributed by atoms with E-state index in [1.165, 1.54) is 0 Å². The van der Waals surface area contributed by atoms with Crippen LogP contribution >= 0.6 is 11.6 Å². The molecule has 4 nitrogen and oxygen atoms in total. The molecule has 20 heavy (non-hydrogen) atoms. The van der Waals surface area contributed by atoms with Crippen molar-refractivity contribution in [1.82, 2.24) is 10.1 Å². The zero-order chi connectivity index (χ0) is 13.9. The van der Waals surface area contributed by atoms with Crippen LogP contribution in [-0.4, -0.2) is 17.2 Å². The molecule has 0 unspecified atom stereocenters. The van der Waals surface area contributed by atoms with E-state index >= 15 is 0 Å². The standard InChI is InChI=1S/C15H12ClN3O/c1-17-13-7-5-10(6-8-13)15-18-14(19-20-15)11-3-2-4-12(16)9-11/h2-9,17H,1H3. The minimum atomic E-state index is 0.489. The van der Waals surface area contributed by atoms with Crippen molar-refractivity contribution in [2.24, 2.45) is 0 Å². The Hall–Kier alpha value is -2.33. The summed E-state index contributed by atoms with van der Waals surface area (Å²) in [5.74, 6) is 1.02. The summed E-state index contributed by atoms with van der Waals surface area (Å²) in [5.41, 5.74) is 2.74. The molecule has 0 aliphatic carbocycles. The third kappa shape index (κ3) is 2.51. The fraction of sp³-hybridized carbons (Fsp3) is 0.0667. The molecule has 0 atom stereocenters. The van der Waals surface area contributed by atoms with Gasteiger partial charge in [-0.15, -0.1) is 0 Å². The molecule has 3 aromatic rings. The van der Waals surface area contributed by atoms with Crippen LogP contribution in [0.4, 0.5) is 5.69 Å². The third-order valence-electron chi connectivity index (χ3n) is 2.93. The zero-order valence-electron chi connectivity index (χ0n) is 10.8. The molecule has 1 heterocycles. The van der Waals surface area contributed by atoms with Gasteiger partial charge in [-0.3, -0.25) is 0 Å². The Bertz CT molecular complexity index is 722. The maximum absolute atomic E-state index is 5.96. The molecule has 1 N–H and O–H groups in total. The molecule has 0 radical (unpaired) electrons. The van der Waals surface area contributed by atoms with Gasteiger partial charge >= 0.3 is 0 Å². The normalized spacial score (nSPS) is 10.5. The predicted octanol–water partition coefficient (Wildman–Crippen LogP) is 4.10. The summed E-state index contributed by atoms with van der Waals surface area (Å²) in [6, 6.07) is 15.1. The lowest BCUT2D eigenvalue weighted by atomic mass is 10.2. The molecule has 0 aliphatic heterocycles. The van der Waals surface area contributed by atoms with Crippen LogP contribution in [0.3, 0.4) is 0 Å². The maximum atomic E-state index is 5.96. The van der Waals surface area contributed by atoms with Crippen LogP contribution in [0.1, 0.15) is 0 Å². The first-order valence-corrected chi connectivity index (χ1v) is 6.52. The van der Waals surface area contributed by atoms with Crippen LogP contribution < -0.4 is 5.32 Å². The van der Waals surface area contributed by atoms with Gasteiger partial charge < -0.3 is 9.84 Å². The number of benzene rings is 2. The van der Waals surface area contributed by atoms with E-state index in [-0.39, 0.29) is 0 Å². The molecule has 0 fully saturated rings. The highest BCUT2D eigenvalue weighted by molar-refractivity contribution is 6.30. The van der Waals surface area contributed by atoms with E-state index in [0.717, 1.165) is 16.8 Å². The van der Waals surface area contributed by atoms with Gasteiger partial charge in [-0.2, -0.15) is 4.98 Å². The number of anilines is 1. The first-order valence-electron chi connectivity index (χ1n) is 6.14. The molecule has 0 bridgehead atoms. The summed E-state index contributed by atoms with van der Waals surface area (Å²) in [7, 11) is 1.87. The monoisotopic (exact) mass is 285 g/mol. The smallest absolute Gasteiger partial charge is 0.258 e. The van der Waals surface area contributed by atoms with E-state index in [9.17, 15) is 0 Å². The van der Waals surface area contributed by atoms with Crippen LogP contribution in [-0.2, 0) is 0 Å².